The molecule has 2 N–H and O–H groups in total. The monoisotopic (exact) mass is 498 g/mol. The van der Waals surface area contributed by atoms with Gasteiger partial charge in [-0.2, -0.15) is 13.2 Å². The summed E-state index contributed by atoms with van der Waals surface area (Å²) in [5, 5.41) is 4.89. The van der Waals surface area contributed by atoms with Gasteiger partial charge in [0.1, 0.15) is 17.9 Å². The first-order valence-electron chi connectivity index (χ1n) is 10.8. The molecular weight excluding hydrogens is 469 g/mol. The van der Waals surface area contributed by atoms with Gasteiger partial charge in [0.05, 0.1) is 12.2 Å². The second-order valence-corrected chi connectivity index (χ2v) is 8.09. The number of likely N-dealkylation sites (N-methyl/N-ethyl adjacent to an activating group) is 1. The van der Waals surface area contributed by atoms with Gasteiger partial charge in [0, 0.05) is 18.4 Å². The van der Waals surface area contributed by atoms with Crippen LogP contribution in [0.5, 0.6) is 11.6 Å². The molecule has 2 rings (SSSR count). The fraction of sp³-hybridized carbons (Fsp3) is 0.435. The Balaban J connectivity index is 2.06. The van der Waals surface area contributed by atoms with Crippen molar-refractivity contribution in [2.24, 2.45) is 0 Å². The van der Waals surface area contributed by atoms with E-state index in [1.807, 2.05) is 25.9 Å². The maximum Gasteiger partial charge on any atom is 0.420 e. The number of carbonyl (C=O) groups excluding carboxylic acids is 1. The number of pyridine rings is 1. The van der Waals surface area contributed by atoms with Gasteiger partial charge in [0.15, 0.2) is 5.11 Å². The number of amides is 1. The summed E-state index contributed by atoms with van der Waals surface area (Å²) in [4.78, 5) is 18.6. The minimum absolute atomic E-state index is 0.0622. The van der Waals surface area contributed by atoms with E-state index < -0.39 is 17.6 Å². The molecule has 1 aromatic heterocycles. The number of alkyl halides is 3. The molecule has 0 spiro atoms. The van der Waals surface area contributed by atoms with Crippen LogP contribution in [0.1, 0.15) is 42.1 Å². The number of hydrogen-bond acceptors (Lipinski definition) is 6. The fourth-order valence-electron chi connectivity index (χ4n) is 2.83. The molecule has 1 amide bonds. The van der Waals surface area contributed by atoms with Gasteiger partial charge in [-0.1, -0.05) is 19.8 Å². The minimum Gasteiger partial charge on any atom is -0.493 e. The normalized spacial score (nSPS) is 11.3. The summed E-state index contributed by atoms with van der Waals surface area (Å²) < 4.78 is 51.5. The number of anilines is 1. The lowest BCUT2D eigenvalue weighted by Gasteiger charge is -2.17. The van der Waals surface area contributed by atoms with Gasteiger partial charge >= 0.3 is 6.18 Å². The van der Waals surface area contributed by atoms with E-state index >= 15 is 0 Å². The summed E-state index contributed by atoms with van der Waals surface area (Å²) >= 11 is 5.12. The first kappa shape index (κ1) is 27.3. The largest absolute Gasteiger partial charge is 0.493 e. The van der Waals surface area contributed by atoms with Crippen LogP contribution in [0.3, 0.4) is 0 Å². The second kappa shape index (κ2) is 13.1. The van der Waals surface area contributed by atoms with E-state index in [4.69, 9.17) is 21.7 Å². The van der Waals surface area contributed by atoms with Crippen LogP contribution in [-0.2, 0) is 6.18 Å². The predicted octanol–water partition coefficient (Wildman–Crippen LogP) is 4.74. The number of nitrogens with one attached hydrogen (secondary N) is 2. The van der Waals surface area contributed by atoms with Gasteiger partial charge < -0.3 is 19.7 Å². The first-order chi connectivity index (χ1) is 16.1. The van der Waals surface area contributed by atoms with Crippen molar-refractivity contribution < 1.29 is 27.4 Å². The Labute approximate surface area is 202 Å². The summed E-state index contributed by atoms with van der Waals surface area (Å²) in [5.41, 5.74) is -0.712. The van der Waals surface area contributed by atoms with Crippen LogP contribution in [0.4, 0.5) is 18.9 Å². The van der Waals surface area contributed by atoms with Crippen molar-refractivity contribution in [2.45, 2.75) is 32.4 Å². The highest BCUT2D eigenvalue weighted by atomic mass is 32.1. The molecule has 0 saturated carbocycles. The Hall–Kier alpha value is -2.92. The molecule has 2 aromatic rings. The second-order valence-electron chi connectivity index (χ2n) is 7.68. The molecule has 0 fully saturated rings. The third kappa shape index (κ3) is 8.79. The highest BCUT2D eigenvalue weighted by Gasteiger charge is 2.35. The Bertz CT molecular complexity index is 971. The quantitative estimate of drug-likeness (QED) is 0.343. The van der Waals surface area contributed by atoms with Gasteiger partial charge in [0.25, 0.3) is 5.91 Å². The summed E-state index contributed by atoms with van der Waals surface area (Å²) in [6.07, 6.45) is -0.655. The van der Waals surface area contributed by atoms with E-state index in [0.717, 1.165) is 18.9 Å². The van der Waals surface area contributed by atoms with Gasteiger partial charge in [-0.25, -0.2) is 4.98 Å². The Morgan fingerprint density at radius 1 is 1.15 bits per heavy atom. The number of carbonyl (C=O) groups is 1. The number of benzene rings is 1. The predicted molar refractivity (Wildman–Crippen MR) is 128 cm³/mol. The molecule has 0 unspecified atom stereocenters. The number of unbranched alkanes of at least 4 members (excludes halogenated alkanes) is 2. The molecule has 186 valence electrons. The molecule has 0 radical (unpaired) electrons. The summed E-state index contributed by atoms with van der Waals surface area (Å²) in [6.45, 7) is 3.14. The summed E-state index contributed by atoms with van der Waals surface area (Å²) in [5.74, 6) is -0.718. The van der Waals surface area contributed by atoms with Crippen molar-refractivity contribution in [3.63, 3.8) is 0 Å². The lowest BCUT2D eigenvalue weighted by atomic mass is 10.1. The van der Waals surface area contributed by atoms with E-state index in [1.54, 1.807) is 6.07 Å². The van der Waals surface area contributed by atoms with Crippen LogP contribution in [0.2, 0.25) is 0 Å². The number of thiocarbonyl (C=S) groups is 1. The average molecular weight is 499 g/mol. The topological polar surface area (TPSA) is 75.7 Å². The highest BCUT2D eigenvalue weighted by Crippen LogP contribution is 2.38. The zero-order valence-corrected chi connectivity index (χ0v) is 20.2. The van der Waals surface area contributed by atoms with Crippen molar-refractivity contribution in [1.82, 2.24) is 15.2 Å². The van der Waals surface area contributed by atoms with Crippen molar-refractivity contribution in [3.05, 3.63) is 47.7 Å². The molecule has 0 aliphatic carbocycles. The maximum atomic E-state index is 13.5. The molecular formula is C23H29F3N4O3S. The third-order valence-corrected chi connectivity index (χ3v) is 4.77. The Morgan fingerprint density at radius 2 is 1.91 bits per heavy atom. The highest BCUT2D eigenvalue weighted by molar-refractivity contribution is 7.80. The van der Waals surface area contributed by atoms with E-state index in [2.05, 4.69) is 15.6 Å². The molecule has 0 aliphatic rings. The zero-order valence-electron chi connectivity index (χ0n) is 19.4. The van der Waals surface area contributed by atoms with E-state index in [-0.39, 0.29) is 34.6 Å². The standard InChI is InChI=1S/C23H29F3N4O3S/c1-4-5-6-13-32-19-10-9-16(15-18(19)23(24,25)26)28-22(34)29-20(31)17-8-7-11-27-21(17)33-14-12-30(2)3/h7-11,15H,4-6,12-14H2,1-3H3,(H2,28,29,31,34). The molecule has 11 heteroatoms. The van der Waals surface area contributed by atoms with E-state index in [9.17, 15) is 18.0 Å². The molecule has 1 heterocycles. The molecule has 0 bridgehead atoms. The van der Waals surface area contributed by atoms with Gasteiger partial charge in [-0.3, -0.25) is 10.1 Å². The Morgan fingerprint density at radius 3 is 2.59 bits per heavy atom. The maximum absolute atomic E-state index is 13.5. The van der Waals surface area contributed by atoms with Crippen molar-refractivity contribution in [1.29, 1.82) is 0 Å². The lowest BCUT2D eigenvalue weighted by molar-refractivity contribution is -0.138. The minimum atomic E-state index is -4.61. The number of nitrogens with zero attached hydrogens (tertiary/aromatic N) is 2. The first-order valence-corrected chi connectivity index (χ1v) is 11.2. The van der Waals surface area contributed by atoms with Crippen LogP contribution < -0.4 is 20.1 Å². The summed E-state index contributed by atoms with van der Waals surface area (Å²) in [7, 11) is 3.77. The van der Waals surface area contributed by atoms with Crippen LogP contribution in [0, 0.1) is 0 Å². The number of hydrogen-bond donors (Lipinski definition) is 2. The fourth-order valence-corrected chi connectivity index (χ4v) is 3.04. The van der Waals surface area contributed by atoms with Gasteiger partial charge in [0.2, 0.25) is 5.88 Å². The van der Waals surface area contributed by atoms with E-state index in [0.29, 0.717) is 19.6 Å². The number of rotatable bonds is 11. The molecule has 0 atom stereocenters. The molecule has 7 nitrogen and oxygen atoms in total. The zero-order chi connectivity index (χ0) is 25.1. The van der Waals surface area contributed by atoms with Gasteiger partial charge in [-0.15, -0.1) is 0 Å². The van der Waals surface area contributed by atoms with Crippen molar-refractivity contribution >= 4 is 28.9 Å². The van der Waals surface area contributed by atoms with Crippen molar-refractivity contribution in [2.75, 3.05) is 39.2 Å². The number of halogens is 3. The SMILES string of the molecule is CCCCCOc1ccc(NC(=S)NC(=O)c2cccnc2OCCN(C)C)cc1C(F)(F)F. The third-order valence-electron chi connectivity index (χ3n) is 4.57. The molecule has 0 aliphatic heterocycles. The van der Waals surface area contributed by atoms with Crippen LogP contribution in [0.15, 0.2) is 36.5 Å². The van der Waals surface area contributed by atoms with Crippen molar-refractivity contribution in [3.8, 4) is 11.6 Å². The average Bonchev–Trinajstić information content (AvgIpc) is 2.76. The van der Waals surface area contributed by atoms with Crippen LogP contribution >= 0.6 is 12.2 Å². The molecule has 0 saturated heterocycles. The Kier molecular flexibility index (Phi) is 10.5. The smallest absolute Gasteiger partial charge is 0.420 e. The van der Waals surface area contributed by atoms with Crippen LogP contribution in [0.25, 0.3) is 0 Å². The lowest BCUT2D eigenvalue weighted by Crippen LogP contribution is -2.34. The van der Waals surface area contributed by atoms with E-state index in [1.165, 1.54) is 24.4 Å². The molecule has 34 heavy (non-hydrogen) atoms. The van der Waals surface area contributed by atoms with Crippen LogP contribution in [-0.4, -0.2) is 54.8 Å². The molecule has 1 aromatic carbocycles. The number of ether oxygens (including phenoxy) is 2. The number of aromatic nitrogens is 1. The summed E-state index contributed by atoms with van der Waals surface area (Å²) in [6, 6.07) is 6.62. The van der Waals surface area contributed by atoms with Gasteiger partial charge in [-0.05, 0) is 63.1 Å².